The van der Waals surface area contributed by atoms with Gasteiger partial charge in [-0.3, -0.25) is 9.59 Å². The van der Waals surface area contributed by atoms with Crippen LogP contribution in [-0.2, 0) is 9.59 Å². The number of carbonyl (C=O) groups excluding carboxylic acids is 2. The van der Waals surface area contributed by atoms with Crippen LogP contribution in [0.5, 0.6) is 0 Å². The summed E-state index contributed by atoms with van der Waals surface area (Å²) >= 11 is 0. The second-order valence-corrected chi connectivity index (χ2v) is 6.73. The maximum absolute atomic E-state index is 12.0. The van der Waals surface area contributed by atoms with Crippen molar-refractivity contribution in [3.05, 3.63) is 23.4 Å². The third kappa shape index (κ3) is 3.80. The molecule has 0 aromatic heterocycles. The highest BCUT2D eigenvalue weighted by Gasteiger charge is 2.25. The van der Waals surface area contributed by atoms with E-state index in [1.54, 1.807) is 0 Å². The van der Waals surface area contributed by atoms with Crippen molar-refractivity contribution in [1.82, 2.24) is 10.7 Å². The summed E-state index contributed by atoms with van der Waals surface area (Å²) in [7, 11) is 0. The maximum atomic E-state index is 12.0. The van der Waals surface area contributed by atoms with Gasteiger partial charge in [0.25, 0.3) is 0 Å². The first-order valence-corrected chi connectivity index (χ1v) is 7.35. The van der Waals surface area contributed by atoms with Crippen molar-refractivity contribution in [3.63, 3.8) is 0 Å². The molecule has 0 aromatic carbocycles. The van der Waals surface area contributed by atoms with E-state index in [0.29, 0.717) is 6.42 Å². The Morgan fingerprint density at radius 3 is 2.57 bits per heavy atom. The monoisotopic (exact) mass is 289 g/mol. The van der Waals surface area contributed by atoms with Gasteiger partial charge in [-0.1, -0.05) is 33.8 Å². The number of hydrogen-bond acceptors (Lipinski definition) is 3. The Hall–Kier alpha value is -1.91. The number of carbonyl (C=O) groups is 2. The van der Waals surface area contributed by atoms with Crippen molar-refractivity contribution < 1.29 is 9.59 Å². The molecule has 2 rings (SSSR count). The Morgan fingerprint density at radius 1 is 1.33 bits per heavy atom. The largest absolute Gasteiger partial charge is 0.329 e. The Bertz CT molecular complexity index is 550. The number of rotatable bonds is 2. The summed E-state index contributed by atoms with van der Waals surface area (Å²) in [5.74, 6) is 0.140. The molecule has 2 amide bonds. The highest BCUT2D eigenvalue weighted by atomic mass is 16.2. The van der Waals surface area contributed by atoms with Crippen LogP contribution >= 0.6 is 0 Å². The third-order valence-electron chi connectivity index (χ3n) is 3.69. The minimum absolute atomic E-state index is 0.0289. The van der Waals surface area contributed by atoms with Crippen LogP contribution in [-0.4, -0.2) is 17.5 Å². The van der Waals surface area contributed by atoms with Crippen LogP contribution in [0.25, 0.3) is 0 Å². The van der Waals surface area contributed by atoms with Crippen molar-refractivity contribution in [2.75, 3.05) is 0 Å². The van der Waals surface area contributed by atoms with Crippen molar-refractivity contribution in [2.45, 2.75) is 47.0 Å². The zero-order valence-electron chi connectivity index (χ0n) is 13.1. The van der Waals surface area contributed by atoms with Crippen molar-refractivity contribution in [3.8, 4) is 0 Å². The lowest BCUT2D eigenvalue weighted by Gasteiger charge is -2.24. The number of nitrogens with zero attached hydrogens (tertiary/aromatic N) is 1. The standard InChI is InChI=1S/C16H23N3O2/c1-10-9-13(20)18-19-14(10)11-5-7-12(8-6-11)17-15(21)16(2,3)4/h5,7,10H,6,8-9H2,1-4H3,(H,17,21)(H,18,20). The fraction of sp³-hybridized carbons (Fsp3) is 0.562. The van der Waals surface area contributed by atoms with Gasteiger partial charge >= 0.3 is 0 Å². The number of nitrogens with one attached hydrogen (secondary N) is 2. The minimum Gasteiger partial charge on any atom is -0.329 e. The molecule has 0 spiro atoms. The lowest BCUT2D eigenvalue weighted by molar-refractivity contribution is -0.127. The predicted octanol–water partition coefficient (Wildman–Crippen LogP) is 2.26. The van der Waals surface area contributed by atoms with Gasteiger partial charge in [-0.15, -0.1) is 0 Å². The van der Waals surface area contributed by atoms with Gasteiger partial charge in [0.15, 0.2) is 0 Å². The van der Waals surface area contributed by atoms with Crippen LogP contribution in [0.15, 0.2) is 28.5 Å². The van der Waals surface area contributed by atoms with E-state index in [0.717, 1.165) is 29.8 Å². The van der Waals surface area contributed by atoms with Crippen LogP contribution in [0.4, 0.5) is 0 Å². The quantitative estimate of drug-likeness (QED) is 0.818. The first kappa shape index (κ1) is 15.5. The van der Waals surface area contributed by atoms with E-state index >= 15 is 0 Å². The molecule has 0 aromatic rings. The summed E-state index contributed by atoms with van der Waals surface area (Å²) in [5, 5.41) is 7.14. The molecule has 1 unspecified atom stereocenters. The van der Waals surface area contributed by atoms with Gasteiger partial charge in [-0.25, -0.2) is 5.43 Å². The molecular weight excluding hydrogens is 266 g/mol. The molecule has 1 atom stereocenters. The maximum Gasteiger partial charge on any atom is 0.240 e. The van der Waals surface area contributed by atoms with E-state index in [9.17, 15) is 9.59 Å². The van der Waals surface area contributed by atoms with Gasteiger partial charge in [0, 0.05) is 23.5 Å². The molecule has 0 saturated carbocycles. The average molecular weight is 289 g/mol. The molecule has 1 aliphatic carbocycles. The van der Waals surface area contributed by atoms with Gasteiger partial charge in [-0.2, -0.15) is 5.10 Å². The Labute approximate surface area is 125 Å². The molecule has 0 fully saturated rings. The second-order valence-electron chi connectivity index (χ2n) is 6.73. The zero-order valence-corrected chi connectivity index (χ0v) is 13.1. The van der Waals surface area contributed by atoms with Gasteiger partial charge in [-0.05, 0) is 24.5 Å². The predicted molar refractivity (Wildman–Crippen MR) is 82.4 cm³/mol. The fourth-order valence-electron chi connectivity index (χ4n) is 2.33. The molecule has 21 heavy (non-hydrogen) atoms. The first-order valence-electron chi connectivity index (χ1n) is 7.35. The van der Waals surface area contributed by atoms with Crippen molar-refractivity contribution in [1.29, 1.82) is 0 Å². The Balaban J connectivity index is 2.07. The third-order valence-corrected chi connectivity index (χ3v) is 3.69. The topological polar surface area (TPSA) is 70.6 Å². The first-order chi connectivity index (χ1) is 9.77. The van der Waals surface area contributed by atoms with Crippen LogP contribution in [0.2, 0.25) is 0 Å². The van der Waals surface area contributed by atoms with E-state index in [4.69, 9.17) is 0 Å². The lowest BCUT2D eigenvalue weighted by atomic mass is 9.88. The summed E-state index contributed by atoms with van der Waals surface area (Å²) in [5.41, 5.74) is 5.17. The van der Waals surface area contributed by atoms with E-state index in [2.05, 4.69) is 15.8 Å². The van der Waals surface area contributed by atoms with Crippen LogP contribution in [0, 0.1) is 11.3 Å². The summed E-state index contributed by atoms with van der Waals surface area (Å²) in [6.45, 7) is 7.70. The molecule has 1 aliphatic heterocycles. The number of hydrazone groups is 1. The number of hydrogen-bond donors (Lipinski definition) is 2. The Kier molecular flexibility index (Phi) is 4.30. The molecule has 5 heteroatoms. The van der Waals surface area contributed by atoms with Crippen LogP contribution in [0.1, 0.15) is 47.0 Å². The van der Waals surface area contributed by atoms with Gasteiger partial charge in [0.05, 0.1) is 5.71 Å². The van der Waals surface area contributed by atoms with E-state index in [1.807, 2.05) is 39.8 Å². The summed E-state index contributed by atoms with van der Waals surface area (Å²) in [4.78, 5) is 23.2. The SMILES string of the molecule is CC1CC(=O)NN=C1C1=CC=C(NC(=O)C(C)(C)C)CC1. The number of amides is 2. The highest BCUT2D eigenvalue weighted by molar-refractivity contribution is 6.05. The second kappa shape index (κ2) is 5.84. The molecule has 2 aliphatic rings. The molecule has 2 N–H and O–H groups in total. The molecular formula is C16H23N3O2. The summed E-state index contributed by atoms with van der Waals surface area (Å²) in [6, 6.07) is 0. The molecule has 1 heterocycles. The van der Waals surface area contributed by atoms with Crippen LogP contribution < -0.4 is 10.7 Å². The smallest absolute Gasteiger partial charge is 0.240 e. The molecule has 114 valence electrons. The minimum atomic E-state index is -0.392. The molecule has 0 radical (unpaired) electrons. The van der Waals surface area contributed by atoms with E-state index in [1.165, 1.54) is 0 Å². The lowest BCUT2D eigenvalue weighted by Crippen LogP contribution is -2.35. The average Bonchev–Trinajstić information content (AvgIpc) is 2.39. The molecule has 5 nitrogen and oxygen atoms in total. The summed E-state index contributed by atoms with van der Waals surface area (Å²) in [6.07, 6.45) is 6.03. The fourth-order valence-corrected chi connectivity index (χ4v) is 2.33. The van der Waals surface area contributed by atoms with Crippen molar-refractivity contribution >= 4 is 17.5 Å². The Morgan fingerprint density at radius 2 is 2.05 bits per heavy atom. The molecule has 0 bridgehead atoms. The van der Waals surface area contributed by atoms with Gasteiger partial charge in [0.1, 0.15) is 0 Å². The normalized spacial score (nSPS) is 22.8. The number of allylic oxidation sites excluding steroid dienone is 4. The summed E-state index contributed by atoms with van der Waals surface area (Å²) < 4.78 is 0. The van der Waals surface area contributed by atoms with Crippen LogP contribution in [0.3, 0.4) is 0 Å². The highest BCUT2D eigenvalue weighted by Crippen LogP contribution is 2.24. The molecule has 0 saturated heterocycles. The van der Waals surface area contributed by atoms with E-state index in [-0.39, 0.29) is 17.7 Å². The van der Waals surface area contributed by atoms with Crippen molar-refractivity contribution in [2.24, 2.45) is 16.4 Å². The van der Waals surface area contributed by atoms with Gasteiger partial charge < -0.3 is 5.32 Å². The van der Waals surface area contributed by atoms with Gasteiger partial charge in [0.2, 0.25) is 11.8 Å². The van der Waals surface area contributed by atoms with E-state index < -0.39 is 5.41 Å². The zero-order chi connectivity index (χ0) is 15.6.